The molecule has 25 heavy (non-hydrogen) atoms. The number of piperidine rings is 1. The standard InChI is InChI=1S/C20H33N3O.HI/c1-4-17-14-23(20(21-5-2)22-13-16(3)15-24)12-11-19(17)18-9-7-6-8-10-18;/h6-10,16-17,19,24H,4-5,11-15H2,1-3H3,(H,21,22);1H. The molecule has 1 aliphatic heterocycles. The predicted molar refractivity (Wildman–Crippen MR) is 117 cm³/mol. The van der Waals surface area contributed by atoms with Gasteiger partial charge in [-0.25, -0.2) is 0 Å². The Morgan fingerprint density at radius 1 is 1.32 bits per heavy atom. The van der Waals surface area contributed by atoms with Gasteiger partial charge in [-0.05, 0) is 36.7 Å². The van der Waals surface area contributed by atoms with Crippen LogP contribution in [0.5, 0.6) is 0 Å². The number of nitrogens with one attached hydrogen (secondary N) is 1. The maximum atomic E-state index is 9.23. The Hall–Kier alpha value is -0.820. The predicted octanol–water partition coefficient (Wildman–Crippen LogP) is 3.71. The van der Waals surface area contributed by atoms with E-state index in [-0.39, 0.29) is 36.5 Å². The van der Waals surface area contributed by atoms with Crippen LogP contribution in [0.3, 0.4) is 0 Å². The van der Waals surface area contributed by atoms with Gasteiger partial charge in [-0.15, -0.1) is 24.0 Å². The second-order valence-corrected chi connectivity index (χ2v) is 6.90. The lowest BCUT2D eigenvalue weighted by Gasteiger charge is -2.40. The Morgan fingerprint density at radius 3 is 2.64 bits per heavy atom. The summed E-state index contributed by atoms with van der Waals surface area (Å²) < 4.78 is 0. The third-order valence-corrected chi connectivity index (χ3v) is 4.98. The van der Waals surface area contributed by atoms with E-state index in [4.69, 9.17) is 4.99 Å². The van der Waals surface area contributed by atoms with Crippen LogP contribution in [0.25, 0.3) is 0 Å². The highest BCUT2D eigenvalue weighted by Crippen LogP contribution is 2.34. The van der Waals surface area contributed by atoms with Crippen LogP contribution in [0.4, 0.5) is 0 Å². The summed E-state index contributed by atoms with van der Waals surface area (Å²) in [6.07, 6.45) is 2.35. The molecule has 1 aromatic rings. The average Bonchev–Trinajstić information content (AvgIpc) is 2.65. The smallest absolute Gasteiger partial charge is 0.193 e. The molecule has 0 aromatic heterocycles. The molecule has 2 N–H and O–H groups in total. The van der Waals surface area contributed by atoms with Crippen LogP contribution in [0.15, 0.2) is 35.3 Å². The fourth-order valence-electron chi connectivity index (χ4n) is 3.50. The monoisotopic (exact) mass is 459 g/mol. The van der Waals surface area contributed by atoms with E-state index in [1.54, 1.807) is 0 Å². The minimum atomic E-state index is 0. The summed E-state index contributed by atoms with van der Waals surface area (Å²) in [6, 6.07) is 10.9. The van der Waals surface area contributed by atoms with Crippen LogP contribution < -0.4 is 5.32 Å². The molecule has 0 saturated carbocycles. The van der Waals surface area contributed by atoms with Crippen LogP contribution in [0.2, 0.25) is 0 Å². The number of aliphatic hydroxyl groups excluding tert-OH is 1. The van der Waals surface area contributed by atoms with Gasteiger partial charge in [-0.2, -0.15) is 0 Å². The lowest BCUT2D eigenvalue weighted by atomic mass is 9.79. The summed E-state index contributed by atoms with van der Waals surface area (Å²) >= 11 is 0. The molecule has 4 nitrogen and oxygen atoms in total. The second-order valence-electron chi connectivity index (χ2n) is 6.90. The summed E-state index contributed by atoms with van der Waals surface area (Å²) in [6.45, 7) is 10.3. The SMILES string of the molecule is CCNC(=NCC(C)CO)N1CCC(c2ccccc2)C(CC)C1.I. The minimum absolute atomic E-state index is 0. The number of hydrogen-bond donors (Lipinski definition) is 2. The first-order valence-electron chi connectivity index (χ1n) is 9.38. The van der Waals surface area contributed by atoms with Gasteiger partial charge in [0.25, 0.3) is 0 Å². The quantitative estimate of drug-likeness (QED) is 0.388. The molecular formula is C20H34IN3O. The third kappa shape index (κ3) is 6.44. The van der Waals surface area contributed by atoms with Crippen molar-refractivity contribution < 1.29 is 5.11 Å². The number of guanidine groups is 1. The highest BCUT2D eigenvalue weighted by atomic mass is 127. The van der Waals surface area contributed by atoms with Gasteiger partial charge in [0.2, 0.25) is 0 Å². The van der Waals surface area contributed by atoms with Crippen molar-refractivity contribution in [3.63, 3.8) is 0 Å². The molecule has 3 atom stereocenters. The van der Waals surface area contributed by atoms with Crippen LogP contribution in [0.1, 0.15) is 45.1 Å². The molecule has 142 valence electrons. The average molecular weight is 459 g/mol. The number of likely N-dealkylation sites (tertiary alicyclic amines) is 1. The van der Waals surface area contributed by atoms with Gasteiger partial charge in [0.15, 0.2) is 5.96 Å². The summed E-state index contributed by atoms with van der Waals surface area (Å²) in [4.78, 5) is 7.15. The van der Waals surface area contributed by atoms with E-state index in [1.165, 1.54) is 18.4 Å². The van der Waals surface area contributed by atoms with Crippen LogP contribution in [0, 0.1) is 11.8 Å². The van der Waals surface area contributed by atoms with Crippen molar-refractivity contribution in [1.82, 2.24) is 10.2 Å². The molecule has 1 fully saturated rings. The number of aliphatic hydroxyl groups is 1. The van der Waals surface area contributed by atoms with Crippen molar-refractivity contribution in [1.29, 1.82) is 0 Å². The number of halogens is 1. The molecule has 1 aromatic carbocycles. The molecule has 1 heterocycles. The van der Waals surface area contributed by atoms with Crippen LogP contribution in [-0.4, -0.2) is 48.8 Å². The topological polar surface area (TPSA) is 47.9 Å². The van der Waals surface area contributed by atoms with Gasteiger partial charge in [0, 0.05) is 32.8 Å². The molecule has 1 saturated heterocycles. The Morgan fingerprint density at radius 2 is 2.04 bits per heavy atom. The summed E-state index contributed by atoms with van der Waals surface area (Å²) in [7, 11) is 0. The number of nitrogens with zero attached hydrogens (tertiary/aromatic N) is 2. The normalized spacial score (nSPS) is 22.2. The van der Waals surface area contributed by atoms with Gasteiger partial charge in [-0.1, -0.05) is 50.6 Å². The molecule has 5 heteroatoms. The first kappa shape index (κ1) is 22.2. The van der Waals surface area contributed by atoms with E-state index in [9.17, 15) is 5.11 Å². The lowest BCUT2D eigenvalue weighted by molar-refractivity contribution is 0.214. The Balaban J connectivity index is 0.00000312. The Kier molecular flexibility index (Phi) is 10.4. The van der Waals surface area contributed by atoms with Gasteiger partial charge in [-0.3, -0.25) is 4.99 Å². The highest BCUT2D eigenvalue weighted by Gasteiger charge is 2.30. The molecule has 0 bridgehead atoms. The van der Waals surface area contributed by atoms with Crippen molar-refractivity contribution in [3.8, 4) is 0 Å². The summed E-state index contributed by atoms with van der Waals surface area (Å²) in [5.74, 6) is 2.51. The molecule has 0 radical (unpaired) electrons. The van der Waals surface area contributed by atoms with Crippen molar-refractivity contribution in [2.75, 3.05) is 32.8 Å². The second kappa shape index (κ2) is 11.7. The van der Waals surface area contributed by atoms with Gasteiger partial charge >= 0.3 is 0 Å². The number of benzene rings is 1. The maximum Gasteiger partial charge on any atom is 0.193 e. The van der Waals surface area contributed by atoms with E-state index >= 15 is 0 Å². The molecule has 2 rings (SSSR count). The van der Waals surface area contributed by atoms with E-state index in [0.29, 0.717) is 18.4 Å². The van der Waals surface area contributed by atoms with E-state index in [1.807, 2.05) is 6.92 Å². The number of rotatable bonds is 6. The first-order chi connectivity index (χ1) is 11.7. The highest BCUT2D eigenvalue weighted by molar-refractivity contribution is 14.0. The van der Waals surface area contributed by atoms with E-state index < -0.39 is 0 Å². The zero-order valence-electron chi connectivity index (χ0n) is 15.8. The largest absolute Gasteiger partial charge is 0.396 e. The summed E-state index contributed by atoms with van der Waals surface area (Å²) in [5.41, 5.74) is 1.47. The van der Waals surface area contributed by atoms with Crippen LogP contribution >= 0.6 is 24.0 Å². The van der Waals surface area contributed by atoms with Crippen molar-refractivity contribution in [3.05, 3.63) is 35.9 Å². The van der Waals surface area contributed by atoms with E-state index in [2.05, 4.69) is 54.4 Å². The van der Waals surface area contributed by atoms with Crippen molar-refractivity contribution in [2.45, 2.75) is 39.5 Å². The summed E-state index contributed by atoms with van der Waals surface area (Å²) in [5, 5.41) is 12.7. The Bertz CT molecular complexity index is 509. The zero-order chi connectivity index (χ0) is 17.4. The zero-order valence-corrected chi connectivity index (χ0v) is 18.1. The molecule has 3 unspecified atom stereocenters. The van der Waals surface area contributed by atoms with Crippen molar-refractivity contribution in [2.24, 2.45) is 16.8 Å². The van der Waals surface area contributed by atoms with Gasteiger partial charge in [0.05, 0.1) is 0 Å². The lowest BCUT2D eigenvalue weighted by Crippen LogP contribution is -2.48. The number of hydrogen-bond acceptors (Lipinski definition) is 2. The first-order valence-corrected chi connectivity index (χ1v) is 9.38. The Labute approximate surface area is 170 Å². The fourth-order valence-corrected chi connectivity index (χ4v) is 3.50. The molecule has 0 spiro atoms. The number of aliphatic imine (C=N–C) groups is 1. The van der Waals surface area contributed by atoms with Gasteiger partial charge < -0.3 is 15.3 Å². The third-order valence-electron chi connectivity index (χ3n) is 4.98. The molecular weight excluding hydrogens is 425 g/mol. The molecule has 0 aliphatic carbocycles. The van der Waals surface area contributed by atoms with Gasteiger partial charge in [0.1, 0.15) is 0 Å². The minimum Gasteiger partial charge on any atom is -0.396 e. The van der Waals surface area contributed by atoms with Crippen LogP contribution in [-0.2, 0) is 0 Å². The van der Waals surface area contributed by atoms with Crippen molar-refractivity contribution >= 4 is 29.9 Å². The molecule has 1 aliphatic rings. The molecule has 0 amide bonds. The van der Waals surface area contributed by atoms with E-state index in [0.717, 1.165) is 25.6 Å². The maximum absolute atomic E-state index is 9.23. The fraction of sp³-hybridized carbons (Fsp3) is 0.650.